The summed E-state index contributed by atoms with van der Waals surface area (Å²) in [6.07, 6.45) is 0.00104. The van der Waals surface area contributed by atoms with Crippen molar-refractivity contribution in [1.29, 1.82) is 0 Å². The third-order valence-corrected chi connectivity index (χ3v) is 6.42. The molecule has 3 rings (SSSR count). The molecule has 0 amide bonds. The number of fused-ring (bicyclic) bond motifs is 2. The smallest absolute Gasteiger partial charge is 0.413 e. The van der Waals surface area contributed by atoms with Crippen LogP contribution >= 0.6 is 0 Å². The first-order chi connectivity index (χ1) is 11.0. The molecular weight excluding hydrogens is 291 g/mol. The van der Waals surface area contributed by atoms with Crippen molar-refractivity contribution >= 4 is 17.7 Å². The Balaban J connectivity index is 2.50. The molecule has 0 N–H and O–H groups in total. The van der Waals surface area contributed by atoms with Gasteiger partial charge in [0.1, 0.15) is 5.71 Å². The Labute approximate surface area is 147 Å². The average Bonchev–Trinajstić information content (AvgIpc) is 2.85. The van der Waals surface area contributed by atoms with E-state index in [2.05, 4.69) is 71.2 Å². The van der Waals surface area contributed by atoms with E-state index in [1.807, 2.05) is 0 Å². The summed E-state index contributed by atoms with van der Waals surface area (Å²) in [5.74, 6) is 0.633. The maximum absolute atomic E-state index is 4.73. The highest BCUT2D eigenvalue weighted by atomic mass is 15.2. The molecule has 1 atom stereocenters. The average molecular weight is 323 g/mol. The highest BCUT2D eigenvalue weighted by molar-refractivity contribution is 6.73. The number of nitrogens with zero attached hydrogens (tertiary/aromatic N) is 2. The summed E-state index contributed by atoms with van der Waals surface area (Å²) in [6.45, 7) is 25.3. The van der Waals surface area contributed by atoms with Crippen LogP contribution in [0, 0.1) is 33.5 Å². The van der Waals surface area contributed by atoms with Crippen molar-refractivity contribution in [3.63, 3.8) is 0 Å². The van der Waals surface area contributed by atoms with E-state index >= 15 is 0 Å². The van der Waals surface area contributed by atoms with Crippen LogP contribution in [0.25, 0.3) is 5.57 Å². The quantitative estimate of drug-likeness (QED) is 0.515. The minimum Gasteiger partial charge on any atom is -0.413 e. The second-order valence-corrected chi connectivity index (χ2v) is 8.59. The molecule has 0 saturated carbocycles. The van der Waals surface area contributed by atoms with E-state index in [0.717, 1.165) is 6.42 Å². The third kappa shape index (κ3) is 1.96. The number of allylic oxidation sites excluding steroid dienone is 3. The predicted octanol–water partition coefficient (Wildman–Crippen LogP) is 5.30. The second-order valence-electron chi connectivity index (χ2n) is 8.59. The van der Waals surface area contributed by atoms with Crippen LogP contribution in [0.3, 0.4) is 0 Å². The molecule has 0 radical (unpaired) electrons. The summed E-state index contributed by atoms with van der Waals surface area (Å²) >= 11 is 0. The van der Waals surface area contributed by atoms with Gasteiger partial charge in [0.25, 0.3) is 0 Å². The Hall–Kier alpha value is -1.64. The molecule has 1 unspecified atom stereocenters. The zero-order valence-corrected chi connectivity index (χ0v) is 17.0. The molecule has 0 aliphatic carbocycles. The van der Waals surface area contributed by atoms with Crippen LogP contribution in [0.5, 0.6) is 0 Å². The molecule has 2 nitrogen and oxygen atoms in total. The van der Waals surface area contributed by atoms with E-state index in [9.17, 15) is 0 Å². The fraction of sp³-hybridized carbons (Fsp3) is 0.524. The number of aromatic nitrogens is 1. The Morgan fingerprint density at radius 1 is 1.00 bits per heavy atom. The van der Waals surface area contributed by atoms with Gasteiger partial charge in [-0.05, 0) is 77.4 Å². The van der Waals surface area contributed by atoms with Gasteiger partial charge < -0.3 is 8.96 Å². The van der Waals surface area contributed by atoms with Crippen molar-refractivity contribution in [3.05, 3.63) is 46.2 Å². The van der Waals surface area contributed by atoms with Crippen molar-refractivity contribution in [1.82, 2.24) is 4.48 Å². The summed E-state index contributed by atoms with van der Waals surface area (Å²) in [5, 5.41) is 0. The van der Waals surface area contributed by atoms with Crippen molar-refractivity contribution in [2.45, 2.75) is 68.6 Å². The van der Waals surface area contributed by atoms with Crippen LogP contribution < -0.4 is 0 Å². The summed E-state index contributed by atoms with van der Waals surface area (Å²) in [6, 6.07) is 0. The topological polar surface area (TPSA) is 7.94 Å². The fourth-order valence-corrected chi connectivity index (χ4v) is 4.92. The van der Waals surface area contributed by atoms with Gasteiger partial charge in [-0.2, -0.15) is 0 Å². The van der Waals surface area contributed by atoms with Gasteiger partial charge in [0, 0.05) is 29.3 Å². The molecule has 0 saturated heterocycles. The predicted molar refractivity (Wildman–Crippen MR) is 107 cm³/mol. The molecule has 0 fully saturated rings. The van der Waals surface area contributed by atoms with Gasteiger partial charge in [-0.1, -0.05) is 13.8 Å². The van der Waals surface area contributed by atoms with Crippen LogP contribution in [0.4, 0.5) is 0 Å². The molecule has 0 spiro atoms. The molecule has 24 heavy (non-hydrogen) atoms. The SMILES string of the molecule is [CH2+][B-]1(C)n2c(C)c(C)c(C)c2C(CC(C)C)=C2C(C)=C(C)C(C)=[N+]21. The van der Waals surface area contributed by atoms with E-state index < -0.39 is 6.42 Å². The van der Waals surface area contributed by atoms with Gasteiger partial charge in [-0.25, -0.2) is 0 Å². The van der Waals surface area contributed by atoms with Gasteiger partial charge in [0.2, 0.25) is 0 Å². The lowest BCUT2D eigenvalue weighted by molar-refractivity contribution is -0.334. The Morgan fingerprint density at radius 3 is 2.12 bits per heavy atom. The maximum Gasteiger partial charge on any atom is 0.557 e. The van der Waals surface area contributed by atoms with Crippen molar-refractivity contribution in [3.8, 4) is 0 Å². The lowest BCUT2D eigenvalue weighted by Gasteiger charge is -2.35. The van der Waals surface area contributed by atoms with E-state index in [4.69, 9.17) is 6.82 Å². The molecule has 1 aromatic heterocycles. The molecule has 1 aromatic rings. The van der Waals surface area contributed by atoms with E-state index in [0.29, 0.717) is 5.92 Å². The van der Waals surface area contributed by atoms with Crippen molar-refractivity contribution in [2.24, 2.45) is 5.92 Å². The van der Waals surface area contributed by atoms with Crippen molar-refractivity contribution < 1.29 is 4.49 Å². The first kappa shape index (κ1) is 17.2. The Bertz CT molecular complexity index is 842. The zero-order chi connectivity index (χ0) is 18.1. The Morgan fingerprint density at radius 2 is 1.58 bits per heavy atom. The summed E-state index contributed by atoms with van der Waals surface area (Å²) in [7, 11) is 0. The van der Waals surface area contributed by atoms with Gasteiger partial charge in [-0.3, -0.25) is 0 Å². The minimum atomic E-state index is -1.11. The minimum absolute atomic E-state index is 0.633. The molecule has 2 aliphatic heterocycles. The van der Waals surface area contributed by atoms with Crippen LogP contribution in [0.2, 0.25) is 6.82 Å². The van der Waals surface area contributed by atoms with Gasteiger partial charge >= 0.3 is 6.42 Å². The van der Waals surface area contributed by atoms with E-state index in [1.165, 1.54) is 50.6 Å². The molecular formula is C21H32BN2+. The lowest BCUT2D eigenvalue weighted by Crippen LogP contribution is -2.54. The maximum atomic E-state index is 4.73. The molecule has 128 valence electrons. The first-order valence-corrected chi connectivity index (χ1v) is 9.31. The van der Waals surface area contributed by atoms with Crippen LogP contribution in [0.1, 0.15) is 63.6 Å². The monoisotopic (exact) mass is 323 g/mol. The van der Waals surface area contributed by atoms with Gasteiger partial charge in [0.05, 0.1) is 0 Å². The second kappa shape index (κ2) is 5.18. The van der Waals surface area contributed by atoms with Gasteiger partial charge in [-0.15, -0.1) is 0 Å². The largest absolute Gasteiger partial charge is 0.557 e. The molecule has 0 bridgehead atoms. The normalized spacial score (nSPS) is 23.6. The van der Waals surface area contributed by atoms with Crippen LogP contribution in [-0.4, -0.2) is 21.1 Å². The first-order valence-electron chi connectivity index (χ1n) is 9.31. The summed E-state index contributed by atoms with van der Waals surface area (Å²) in [5.41, 5.74) is 12.8. The highest BCUT2D eigenvalue weighted by Crippen LogP contribution is 2.44. The number of hydrogen-bond donors (Lipinski definition) is 0. The zero-order valence-electron chi connectivity index (χ0n) is 17.0. The molecule has 0 aromatic carbocycles. The van der Waals surface area contributed by atoms with E-state index in [1.54, 1.807) is 0 Å². The highest BCUT2D eigenvalue weighted by Gasteiger charge is 2.52. The summed E-state index contributed by atoms with van der Waals surface area (Å²) in [4.78, 5) is 0. The molecule has 2 aliphatic rings. The summed E-state index contributed by atoms with van der Waals surface area (Å²) < 4.78 is 5.09. The standard InChI is InChI=1S/C21H32BN2/c1-12(2)11-19-20-15(5)13(3)17(7)23(20)22(9,10)24-18(8)14(4)16(6)21(19)24/h12H,9,11H2,1-8,10H3/q+1. The van der Waals surface area contributed by atoms with E-state index in [-0.39, 0.29) is 0 Å². The molecule has 3 heterocycles. The fourth-order valence-electron chi connectivity index (χ4n) is 4.92. The number of hydrogen-bond acceptors (Lipinski definition) is 0. The number of rotatable bonds is 2. The lowest BCUT2D eigenvalue weighted by atomic mass is 9.48. The van der Waals surface area contributed by atoms with Crippen LogP contribution in [-0.2, 0) is 0 Å². The van der Waals surface area contributed by atoms with Gasteiger partial charge in [0.15, 0.2) is 5.70 Å². The Kier molecular flexibility index (Phi) is 3.71. The van der Waals surface area contributed by atoms with Crippen molar-refractivity contribution in [2.75, 3.05) is 0 Å². The van der Waals surface area contributed by atoms with Crippen LogP contribution in [0.15, 0.2) is 16.8 Å². The third-order valence-electron chi connectivity index (χ3n) is 6.42. The molecule has 3 heteroatoms.